The summed E-state index contributed by atoms with van der Waals surface area (Å²) < 4.78 is 0. The van der Waals surface area contributed by atoms with Crippen LogP contribution in [0.5, 0.6) is 0 Å². The maximum absolute atomic E-state index is 9.18. The van der Waals surface area contributed by atoms with E-state index in [2.05, 4.69) is 10.2 Å². The fourth-order valence-corrected chi connectivity index (χ4v) is 2.09. The smallest absolute Gasteiger partial charge is 0.0895 e. The van der Waals surface area contributed by atoms with E-state index in [1.807, 2.05) is 0 Å². The SMILES string of the molecule is OCC(O)CNC1CCN(C2CC2)C1. The Labute approximate surface area is 84.9 Å². The van der Waals surface area contributed by atoms with E-state index in [4.69, 9.17) is 5.11 Å². The van der Waals surface area contributed by atoms with Gasteiger partial charge in [0.2, 0.25) is 0 Å². The Bertz CT molecular complexity index is 185. The van der Waals surface area contributed by atoms with Crippen molar-refractivity contribution < 1.29 is 10.2 Å². The zero-order chi connectivity index (χ0) is 9.97. The lowest BCUT2D eigenvalue weighted by atomic mass is 10.2. The van der Waals surface area contributed by atoms with Crippen molar-refractivity contribution in [2.24, 2.45) is 0 Å². The van der Waals surface area contributed by atoms with Crippen LogP contribution in [0.3, 0.4) is 0 Å². The summed E-state index contributed by atoms with van der Waals surface area (Å²) >= 11 is 0. The number of hydrogen-bond acceptors (Lipinski definition) is 4. The first-order chi connectivity index (χ1) is 6.79. The van der Waals surface area contributed by atoms with E-state index in [1.165, 1.54) is 25.8 Å². The van der Waals surface area contributed by atoms with Crippen molar-refractivity contribution in [1.29, 1.82) is 0 Å². The first kappa shape index (κ1) is 10.4. The van der Waals surface area contributed by atoms with Crippen molar-refractivity contribution in [1.82, 2.24) is 10.2 Å². The molecule has 1 aliphatic heterocycles. The Hall–Kier alpha value is -0.160. The molecule has 0 radical (unpaired) electrons. The molecule has 4 nitrogen and oxygen atoms in total. The van der Waals surface area contributed by atoms with Crippen molar-refractivity contribution in [3.05, 3.63) is 0 Å². The third-order valence-corrected chi connectivity index (χ3v) is 3.14. The zero-order valence-corrected chi connectivity index (χ0v) is 8.52. The fourth-order valence-electron chi connectivity index (χ4n) is 2.09. The highest BCUT2D eigenvalue weighted by Gasteiger charge is 2.34. The summed E-state index contributed by atoms with van der Waals surface area (Å²) in [7, 11) is 0. The summed E-state index contributed by atoms with van der Waals surface area (Å²) in [6, 6.07) is 1.36. The molecule has 14 heavy (non-hydrogen) atoms. The van der Waals surface area contributed by atoms with Crippen molar-refractivity contribution in [3.63, 3.8) is 0 Å². The molecule has 2 aliphatic rings. The first-order valence-electron chi connectivity index (χ1n) is 5.56. The van der Waals surface area contributed by atoms with E-state index < -0.39 is 6.10 Å². The lowest BCUT2D eigenvalue weighted by molar-refractivity contribution is 0.0920. The van der Waals surface area contributed by atoms with Gasteiger partial charge >= 0.3 is 0 Å². The van der Waals surface area contributed by atoms with Crippen molar-refractivity contribution in [3.8, 4) is 0 Å². The number of rotatable bonds is 5. The van der Waals surface area contributed by atoms with Crippen LogP contribution in [-0.2, 0) is 0 Å². The average Bonchev–Trinajstić information content (AvgIpc) is 2.95. The van der Waals surface area contributed by atoms with Gasteiger partial charge in [0.25, 0.3) is 0 Å². The molecule has 0 spiro atoms. The predicted molar refractivity (Wildman–Crippen MR) is 54.1 cm³/mol. The van der Waals surface area contributed by atoms with Gasteiger partial charge in [0, 0.05) is 31.7 Å². The largest absolute Gasteiger partial charge is 0.394 e. The molecular formula is C10H20N2O2. The van der Waals surface area contributed by atoms with Crippen molar-refractivity contribution >= 4 is 0 Å². The molecule has 2 rings (SSSR count). The molecule has 2 unspecified atom stereocenters. The summed E-state index contributed by atoms with van der Waals surface area (Å²) in [6.07, 6.45) is 3.30. The van der Waals surface area contributed by atoms with Crippen LogP contribution in [0.15, 0.2) is 0 Å². The van der Waals surface area contributed by atoms with Crippen LogP contribution in [0.4, 0.5) is 0 Å². The van der Waals surface area contributed by atoms with Gasteiger partial charge in [-0.05, 0) is 19.3 Å². The summed E-state index contributed by atoms with van der Waals surface area (Å²) in [4.78, 5) is 2.53. The number of nitrogens with one attached hydrogen (secondary N) is 1. The number of aliphatic hydroxyl groups is 2. The lowest BCUT2D eigenvalue weighted by Gasteiger charge is -2.16. The molecule has 2 atom stereocenters. The second-order valence-corrected chi connectivity index (χ2v) is 4.46. The van der Waals surface area contributed by atoms with Gasteiger partial charge < -0.3 is 15.5 Å². The topological polar surface area (TPSA) is 55.7 Å². The molecule has 1 aliphatic carbocycles. The molecule has 0 aromatic rings. The van der Waals surface area contributed by atoms with E-state index in [0.717, 1.165) is 12.6 Å². The van der Waals surface area contributed by atoms with Gasteiger partial charge in [0.1, 0.15) is 0 Å². The summed E-state index contributed by atoms with van der Waals surface area (Å²) in [5.41, 5.74) is 0. The van der Waals surface area contributed by atoms with E-state index in [1.54, 1.807) is 0 Å². The fraction of sp³-hybridized carbons (Fsp3) is 1.00. The van der Waals surface area contributed by atoms with Gasteiger partial charge in [-0.15, -0.1) is 0 Å². The monoisotopic (exact) mass is 200 g/mol. The minimum Gasteiger partial charge on any atom is -0.394 e. The van der Waals surface area contributed by atoms with Gasteiger partial charge in [-0.3, -0.25) is 4.90 Å². The maximum Gasteiger partial charge on any atom is 0.0895 e. The molecule has 2 fully saturated rings. The Morgan fingerprint density at radius 1 is 1.36 bits per heavy atom. The number of hydrogen-bond donors (Lipinski definition) is 3. The minimum atomic E-state index is -0.607. The van der Waals surface area contributed by atoms with Crippen molar-refractivity contribution in [2.75, 3.05) is 26.2 Å². The van der Waals surface area contributed by atoms with Crippen LogP contribution in [0.25, 0.3) is 0 Å². The van der Waals surface area contributed by atoms with Crippen LogP contribution < -0.4 is 5.32 Å². The Morgan fingerprint density at radius 3 is 2.79 bits per heavy atom. The molecule has 1 saturated carbocycles. The molecular weight excluding hydrogens is 180 g/mol. The normalized spacial score (nSPS) is 30.9. The van der Waals surface area contributed by atoms with E-state index in [9.17, 15) is 5.11 Å². The molecule has 0 bridgehead atoms. The zero-order valence-electron chi connectivity index (χ0n) is 8.52. The first-order valence-corrected chi connectivity index (χ1v) is 5.56. The quantitative estimate of drug-likeness (QED) is 0.542. The number of nitrogens with zero attached hydrogens (tertiary/aromatic N) is 1. The van der Waals surface area contributed by atoms with Gasteiger partial charge in [-0.2, -0.15) is 0 Å². The highest BCUT2D eigenvalue weighted by molar-refractivity contribution is 4.91. The molecule has 0 aromatic heterocycles. The highest BCUT2D eigenvalue weighted by Crippen LogP contribution is 2.29. The molecule has 1 heterocycles. The molecule has 1 saturated heterocycles. The number of aliphatic hydroxyl groups excluding tert-OH is 2. The van der Waals surface area contributed by atoms with Gasteiger partial charge in [0.15, 0.2) is 0 Å². The Balaban J connectivity index is 1.63. The standard InChI is InChI=1S/C10H20N2O2/c13-7-10(14)5-11-8-3-4-12(6-8)9-1-2-9/h8-11,13-14H,1-7H2. The van der Waals surface area contributed by atoms with E-state index in [-0.39, 0.29) is 6.61 Å². The average molecular weight is 200 g/mol. The predicted octanol–water partition coefficient (Wildman–Crippen LogP) is -0.834. The Kier molecular flexibility index (Phi) is 3.38. The minimum absolute atomic E-state index is 0.147. The molecule has 0 amide bonds. The van der Waals surface area contributed by atoms with Crippen LogP contribution >= 0.6 is 0 Å². The molecule has 3 N–H and O–H groups in total. The summed E-state index contributed by atoms with van der Waals surface area (Å²) in [5.74, 6) is 0. The summed E-state index contributed by atoms with van der Waals surface area (Å²) in [6.45, 7) is 2.67. The van der Waals surface area contributed by atoms with Crippen LogP contribution in [-0.4, -0.2) is 59.5 Å². The van der Waals surface area contributed by atoms with Gasteiger partial charge in [0.05, 0.1) is 12.7 Å². The van der Waals surface area contributed by atoms with E-state index >= 15 is 0 Å². The molecule has 0 aromatic carbocycles. The maximum atomic E-state index is 9.18. The molecule has 82 valence electrons. The third kappa shape index (κ3) is 2.67. The number of likely N-dealkylation sites (tertiary alicyclic amines) is 1. The second kappa shape index (κ2) is 4.57. The van der Waals surface area contributed by atoms with Crippen LogP contribution in [0, 0.1) is 0 Å². The van der Waals surface area contributed by atoms with Crippen LogP contribution in [0.1, 0.15) is 19.3 Å². The highest BCUT2D eigenvalue weighted by atomic mass is 16.3. The summed E-state index contributed by atoms with van der Waals surface area (Å²) in [5, 5.41) is 21.1. The molecule has 4 heteroatoms. The van der Waals surface area contributed by atoms with E-state index in [0.29, 0.717) is 12.6 Å². The van der Waals surface area contributed by atoms with Crippen LogP contribution in [0.2, 0.25) is 0 Å². The lowest BCUT2D eigenvalue weighted by Crippen LogP contribution is -2.39. The van der Waals surface area contributed by atoms with Gasteiger partial charge in [-0.1, -0.05) is 0 Å². The van der Waals surface area contributed by atoms with Crippen molar-refractivity contribution in [2.45, 2.75) is 37.5 Å². The van der Waals surface area contributed by atoms with Gasteiger partial charge in [-0.25, -0.2) is 0 Å². The Morgan fingerprint density at radius 2 is 2.14 bits per heavy atom. The third-order valence-electron chi connectivity index (χ3n) is 3.14. The second-order valence-electron chi connectivity index (χ2n) is 4.46.